The lowest BCUT2D eigenvalue weighted by atomic mass is 9.84. The molecule has 0 aromatic carbocycles. The largest absolute Gasteiger partial charge is 0.333 e. The fourth-order valence-corrected chi connectivity index (χ4v) is 4.61. The van der Waals surface area contributed by atoms with E-state index >= 15 is 0 Å². The van der Waals surface area contributed by atoms with Gasteiger partial charge in [-0.15, -0.1) is 16.3 Å². The predicted octanol–water partition coefficient (Wildman–Crippen LogP) is 2.25. The number of aromatic nitrogens is 1. The van der Waals surface area contributed by atoms with Gasteiger partial charge in [0, 0.05) is 32.2 Å². The summed E-state index contributed by atoms with van der Waals surface area (Å²) in [6.07, 6.45) is 7.39. The Morgan fingerprint density at radius 3 is 2.76 bits per heavy atom. The standard InChI is InChI=1S/C19H29N5O4S/c1-14(28-2)24(27)22-9-10-23(17(25)13-22)16(12-15-6-4-3-5-7-15)18(26)21-19-20-8-11-29-19/h8,11,14-16H,3-7,9-10,12-13H2,1-2H3/p+1. The number of amides is 2. The van der Waals surface area contributed by atoms with E-state index in [2.05, 4.69) is 10.3 Å². The van der Waals surface area contributed by atoms with E-state index in [0.717, 1.165) is 12.8 Å². The molecule has 2 fully saturated rings. The quantitative estimate of drug-likeness (QED) is 0.508. The van der Waals surface area contributed by atoms with Gasteiger partial charge in [0.2, 0.25) is 11.8 Å². The van der Waals surface area contributed by atoms with Crippen molar-refractivity contribution < 1.29 is 19.2 Å². The number of thiazole rings is 1. The van der Waals surface area contributed by atoms with Gasteiger partial charge in [-0.1, -0.05) is 32.1 Å². The van der Waals surface area contributed by atoms with Crippen molar-refractivity contribution in [2.75, 3.05) is 32.1 Å². The first-order chi connectivity index (χ1) is 14.0. The minimum Gasteiger partial charge on any atom is -0.327 e. The van der Waals surface area contributed by atoms with E-state index in [9.17, 15) is 14.5 Å². The number of methoxy groups -OCH3 is 1. The summed E-state index contributed by atoms with van der Waals surface area (Å²) < 4.78 is 5.05. The summed E-state index contributed by atoms with van der Waals surface area (Å²) in [7, 11) is 1.46. The van der Waals surface area contributed by atoms with Crippen LogP contribution in [0.4, 0.5) is 5.13 Å². The Hall–Kier alpha value is -2.07. The predicted molar refractivity (Wildman–Crippen MR) is 109 cm³/mol. The average Bonchev–Trinajstić information content (AvgIpc) is 3.24. The molecule has 2 atom stereocenters. The molecule has 0 radical (unpaired) electrons. The Kier molecular flexibility index (Phi) is 7.54. The van der Waals surface area contributed by atoms with E-state index in [-0.39, 0.29) is 18.4 Å². The summed E-state index contributed by atoms with van der Waals surface area (Å²) in [6.45, 7) is 2.28. The zero-order valence-electron chi connectivity index (χ0n) is 17.1. The van der Waals surface area contributed by atoms with Crippen molar-refractivity contribution in [3.8, 4) is 0 Å². The molecule has 2 amide bonds. The molecule has 1 aromatic heterocycles. The van der Waals surface area contributed by atoms with E-state index in [1.807, 2.05) is 0 Å². The number of nitroso groups, excluding NO2 is 1. The van der Waals surface area contributed by atoms with Crippen molar-refractivity contribution in [3.05, 3.63) is 16.5 Å². The molecular formula is C19H30N5O4S+. The fourth-order valence-electron chi connectivity index (χ4n) is 4.08. The molecule has 160 valence electrons. The molecule has 0 bridgehead atoms. The molecule has 0 spiro atoms. The highest BCUT2D eigenvalue weighted by atomic mass is 32.1. The molecular weight excluding hydrogens is 394 g/mol. The van der Waals surface area contributed by atoms with Crippen LogP contribution in [0.3, 0.4) is 0 Å². The van der Waals surface area contributed by atoms with Crippen molar-refractivity contribution in [2.45, 2.75) is 57.7 Å². The molecule has 2 unspecified atom stereocenters. The number of hydrogen-bond donors (Lipinski definition) is 1. The van der Waals surface area contributed by atoms with E-state index in [0.29, 0.717) is 35.4 Å². The summed E-state index contributed by atoms with van der Waals surface area (Å²) in [5.41, 5.74) is 0. The highest BCUT2D eigenvalue weighted by molar-refractivity contribution is 7.13. The van der Waals surface area contributed by atoms with E-state index in [1.165, 1.54) is 42.7 Å². The van der Waals surface area contributed by atoms with Crippen LogP contribution >= 0.6 is 11.3 Å². The molecule has 1 N–H and O–H groups in total. The molecule has 2 aliphatic rings. The number of piperazine rings is 1. The van der Waals surface area contributed by atoms with Crippen LogP contribution < -0.4 is 5.32 Å². The Morgan fingerprint density at radius 2 is 2.14 bits per heavy atom. The van der Waals surface area contributed by atoms with Crippen molar-refractivity contribution >= 4 is 28.3 Å². The van der Waals surface area contributed by atoms with Gasteiger partial charge in [0.15, 0.2) is 16.5 Å². The van der Waals surface area contributed by atoms with Crippen LogP contribution in [0.5, 0.6) is 0 Å². The molecule has 10 heteroatoms. The van der Waals surface area contributed by atoms with Crippen molar-refractivity contribution in [1.29, 1.82) is 0 Å². The Bertz CT molecular complexity index is 707. The van der Waals surface area contributed by atoms with Crippen molar-refractivity contribution in [2.24, 2.45) is 5.92 Å². The highest BCUT2D eigenvalue weighted by Gasteiger charge is 2.40. The molecule has 1 aliphatic heterocycles. The normalized spacial score (nSPS) is 20.4. The zero-order chi connectivity index (χ0) is 20.8. The summed E-state index contributed by atoms with van der Waals surface area (Å²) in [5, 5.41) is 6.63. The van der Waals surface area contributed by atoms with Crippen molar-refractivity contribution in [3.63, 3.8) is 0 Å². The first-order valence-electron chi connectivity index (χ1n) is 10.2. The number of anilines is 1. The van der Waals surface area contributed by atoms with Gasteiger partial charge in [-0.05, 0) is 12.3 Å². The van der Waals surface area contributed by atoms with Crippen LogP contribution in [0.25, 0.3) is 0 Å². The summed E-state index contributed by atoms with van der Waals surface area (Å²) in [4.78, 5) is 44.7. The first-order valence-corrected chi connectivity index (χ1v) is 11.1. The number of carbonyl (C=O) groups is 2. The van der Waals surface area contributed by atoms with Gasteiger partial charge >= 0.3 is 6.23 Å². The van der Waals surface area contributed by atoms with Crippen LogP contribution in [0.1, 0.15) is 45.4 Å². The number of rotatable bonds is 8. The number of hydrazine groups is 1. The lowest BCUT2D eigenvalue weighted by Gasteiger charge is -2.37. The highest BCUT2D eigenvalue weighted by Crippen LogP contribution is 2.29. The monoisotopic (exact) mass is 424 g/mol. The van der Waals surface area contributed by atoms with E-state index in [4.69, 9.17) is 4.74 Å². The second kappa shape index (κ2) is 10.1. The summed E-state index contributed by atoms with van der Waals surface area (Å²) >= 11 is 1.36. The Labute approximate surface area is 174 Å². The summed E-state index contributed by atoms with van der Waals surface area (Å²) in [6, 6.07) is -0.545. The van der Waals surface area contributed by atoms with Gasteiger partial charge < -0.3 is 15.0 Å². The molecule has 3 rings (SSSR count). The Morgan fingerprint density at radius 1 is 1.38 bits per heavy atom. The van der Waals surface area contributed by atoms with Gasteiger partial charge in [0.25, 0.3) is 0 Å². The van der Waals surface area contributed by atoms with Crippen LogP contribution in [-0.4, -0.2) is 70.6 Å². The number of nitrogens with zero attached hydrogens (tertiary/aromatic N) is 4. The molecule has 1 aromatic rings. The lowest BCUT2D eigenvalue weighted by molar-refractivity contribution is -0.759. The molecule has 1 saturated heterocycles. The molecule has 1 aliphatic carbocycles. The summed E-state index contributed by atoms with van der Waals surface area (Å²) in [5.74, 6) is 0.0261. The van der Waals surface area contributed by atoms with Crippen molar-refractivity contribution in [1.82, 2.24) is 14.9 Å². The minimum absolute atomic E-state index is 0.0527. The first kappa shape index (κ1) is 21.6. The van der Waals surface area contributed by atoms with Crippen LogP contribution in [-0.2, 0) is 14.3 Å². The lowest BCUT2D eigenvalue weighted by Crippen LogP contribution is -2.59. The maximum absolute atomic E-state index is 13.1. The molecule has 9 nitrogen and oxygen atoms in total. The second-order valence-corrected chi connectivity index (χ2v) is 8.59. The zero-order valence-corrected chi connectivity index (χ0v) is 17.9. The topological polar surface area (TPSA) is 94.8 Å². The smallest absolute Gasteiger partial charge is 0.327 e. The molecule has 1 saturated carbocycles. The second-order valence-electron chi connectivity index (χ2n) is 7.69. The molecule has 29 heavy (non-hydrogen) atoms. The third-order valence-corrected chi connectivity index (χ3v) is 6.48. The maximum atomic E-state index is 13.1. The molecule has 2 heterocycles. The van der Waals surface area contributed by atoms with E-state index in [1.54, 1.807) is 23.4 Å². The van der Waals surface area contributed by atoms with Gasteiger partial charge in [0.05, 0.1) is 11.5 Å². The van der Waals surface area contributed by atoms with Gasteiger partial charge in [-0.3, -0.25) is 9.59 Å². The van der Waals surface area contributed by atoms with Gasteiger partial charge in [-0.25, -0.2) is 4.98 Å². The fraction of sp³-hybridized carbons (Fsp3) is 0.737. The maximum Gasteiger partial charge on any atom is 0.333 e. The average molecular weight is 425 g/mol. The van der Waals surface area contributed by atoms with Crippen LogP contribution in [0, 0.1) is 10.8 Å². The van der Waals surface area contributed by atoms with Crippen LogP contribution in [0.2, 0.25) is 0 Å². The minimum atomic E-state index is -0.666. The SMILES string of the molecule is COC(C)[N+](=O)N1CCN(C(CC2CCCCC2)C(=O)Nc2nccs2)C(=O)C1. The third-order valence-electron chi connectivity index (χ3n) is 5.79. The number of hydrogen-bond acceptors (Lipinski definition) is 6. The van der Waals surface area contributed by atoms with E-state index < -0.39 is 12.3 Å². The number of nitrogens with one attached hydrogen (secondary N) is 1. The van der Waals surface area contributed by atoms with Gasteiger partial charge in [0.1, 0.15) is 6.04 Å². The van der Waals surface area contributed by atoms with Crippen LogP contribution in [0.15, 0.2) is 11.6 Å². The van der Waals surface area contributed by atoms with Gasteiger partial charge in [-0.2, -0.15) is 0 Å². The third kappa shape index (κ3) is 5.51. The number of ether oxygens (including phenoxy) is 1. The number of carbonyl (C=O) groups excluding carboxylic acids is 2. The Balaban J connectivity index is 1.70.